The summed E-state index contributed by atoms with van der Waals surface area (Å²) in [5, 5.41) is 3.37. The summed E-state index contributed by atoms with van der Waals surface area (Å²) in [5.74, 6) is 0. The minimum atomic E-state index is 0.00946. The van der Waals surface area contributed by atoms with Crippen molar-refractivity contribution < 1.29 is 0 Å². The standard InChI is InChI=1S/C17H20N2O/c1-2-12-3-5-13(6-4-12)16-10-7-14(17(20)19-16)11-18-15-8-9-15/h3-7,10,15,18H,2,8-9,11H2,1H3,(H,19,20). The van der Waals surface area contributed by atoms with Gasteiger partial charge in [0.25, 0.3) is 5.56 Å². The van der Waals surface area contributed by atoms with Gasteiger partial charge in [-0.05, 0) is 36.5 Å². The van der Waals surface area contributed by atoms with E-state index in [0.29, 0.717) is 12.6 Å². The number of H-pyrrole nitrogens is 1. The summed E-state index contributed by atoms with van der Waals surface area (Å²) in [6.07, 6.45) is 3.50. The molecule has 1 aliphatic rings. The van der Waals surface area contributed by atoms with Crippen LogP contribution < -0.4 is 10.9 Å². The lowest BCUT2D eigenvalue weighted by atomic mass is 10.1. The first kappa shape index (κ1) is 13.1. The van der Waals surface area contributed by atoms with Crippen molar-refractivity contribution in [3.63, 3.8) is 0 Å². The Morgan fingerprint density at radius 2 is 1.90 bits per heavy atom. The third-order valence-electron chi connectivity index (χ3n) is 3.82. The second-order valence-electron chi connectivity index (χ2n) is 5.43. The number of aromatic nitrogens is 1. The van der Waals surface area contributed by atoms with Crippen molar-refractivity contribution in [2.75, 3.05) is 0 Å². The summed E-state index contributed by atoms with van der Waals surface area (Å²) in [7, 11) is 0. The van der Waals surface area contributed by atoms with Crippen LogP contribution in [0.4, 0.5) is 0 Å². The van der Waals surface area contributed by atoms with Gasteiger partial charge in [-0.3, -0.25) is 4.79 Å². The van der Waals surface area contributed by atoms with E-state index in [2.05, 4.69) is 41.5 Å². The molecule has 1 heterocycles. The molecule has 0 atom stereocenters. The molecule has 104 valence electrons. The second kappa shape index (κ2) is 5.63. The Balaban J connectivity index is 1.79. The van der Waals surface area contributed by atoms with Crippen LogP contribution in [0.2, 0.25) is 0 Å². The molecule has 0 bridgehead atoms. The van der Waals surface area contributed by atoms with Gasteiger partial charge in [-0.1, -0.05) is 37.3 Å². The van der Waals surface area contributed by atoms with Crippen molar-refractivity contribution in [2.45, 2.75) is 38.8 Å². The maximum Gasteiger partial charge on any atom is 0.252 e. The second-order valence-corrected chi connectivity index (χ2v) is 5.43. The number of pyridine rings is 1. The van der Waals surface area contributed by atoms with Crippen molar-refractivity contribution in [1.82, 2.24) is 10.3 Å². The van der Waals surface area contributed by atoms with Crippen LogP contribution in [0.3, 0.4) is 0 Å². The molecule has 0 radical (unpaired) electrons. The van der Waals surface area contributed by atoms with Gasteiger partial charge in [0.1, 0.15) is 0 Å². The van der Waals surface area contributed by atoms with Crippen LogP contribution in [0.1, 0.15) is 30.9 Å². The molecule has 3 nitrogen and oxygen atoms in total. The number of nitrogens with one attached hydrogen (secondary N) is 2. The molecule has 0 spiro atoms. The predicted octanol–water partition coefficient (Wildman–Crippen LogP) is 2.86. The lowest BCUT2D eigenvalue weighted by molar-refractivity contribution is 0.682. The SMILES string of the molecule is CCc1ccc(-c2ccc(CNC3CC3)c(=O)[nH]2)cc1. The molecule has 20 heavy (non-hydrogen) atoms. The molecule has 2 aromatic rings. The van der Waals surface area contributed by atoms with Gasteiger partial charge in [-0.25, -0.2) is 0 Å². The van der Waals surface area contributed by atoms with E-state index in [1.165, 1.54) is 18.4 Å². The number of benzene rings is 1. The Bertz CT molecular complexity index is 639. The van der Waals surface area contributed by atoms with Crippen molar-refractivity contribution >= 4 is 0 Å². The van der Waals surface area contributed by atoms with Gasteiger partial charge in [0.2, 0.25) is 0 Å². The Labute approximate surface area is 119 Å². The monoisotopic (exact) mass is 268 g/mol. The van der Waals surface area contributed by atoms with E-state index in [4.69, 9.17) is 0 Å². The van der Waals surface area contributed by atoms with E-state index in [1.807, 2.05) is 12.1 Å². The van der Waals surface area contributed by atoms with Gasteiger partial charge in [-0.15, -0.1) is 0 Å². The summed E-state index contributed by atoms with van der Waals surface area (Å²) >= 11 is 0. The average Bonchev–Trinajstić information content (AvgIpc) is 3.30. The molecule has 0 aliphatic heterocycles. The number of hydrogen-bond acceptors (Lipinski definition) is 2. The molecular weight excluding hydrogens is 248 g/mol. The Morgan fingerprint density at radius 3 is 2.50 bits per heavy atom. The van der Waals surface area contributed by atoms with Crippen LogP contribution in [0.15, 0.2) is 41.2 Å². The zero-order valence-electron chi connectivity index (χ0n) is 11.8. The number of aryl methyl sites for hydroxylation is 1. The fourth-order valence-corrected chi connectivity index (χ4v) is 2.27. The van der Waals surface area contributed by atoms with Crippen molar-refractivity contribution in [3.05, 3.63) is 57.9 Å². The van der Waals surface area contributed by atoms with Gasteiger partial charge in [-0.2, -0.15) is 0 Å². The molecule has 0 unspecified atom stereocenters. The minimum Gasteiger partial charge on any atom is -0.322 e. The molecule has 1 saturated carbocycles. The van der Waals surface area contributed by atoms with E-state index < -0.39 is 0 Å². The first-order chi connectivity index (χ1) is 9.76. The summed E-state index contributed by atoms with van der Waals surface area (Å²) in [6, 6.07) is 12.9. The molecule has 1 fully saturated rings. The van der Waals surface area contributed by atoms with E-state index in [0.717, 1.165) is 23.2 Å². The molecule has 0 amide bonds. The van der Waals surface area contributed by atoms with Gasteiger partial charge in [0.15, 0.2) is 0 Å². The van der Waals surface area contributed by atoms with Gasteiger partial charge < -0.3 is 10.3 Å². The molecule has 0 saturated heterocycles. The third kappa shape index (κ3) is 2.99. The predicted molar refractivity (Wildman–Crippen MR) is 81.7 cm³/mol. The lowest BCUT2D eigenvalue weighted by Gasteiger charge is -2.06. The normalized spacial score (nSPS) is 14.4. The highest BCUT2D eigenvalue weighted by molar-refractivity contribution is 5.59. The van der Waals surface area contributed by atoms with Gasteiger partial charge >= 0.3 is 0 Å². The van der Waals surface area contributed by atoms with Gasteiger partial charge in [0, 0.05) is 23.8 Å². The molecule has 3 heteroatoms. The Hall–Kier alpha value is -1.87. The van der Waals surface area contributed by atoms with Crippen LogP contribution in [0.5, 0.6) is 0 Å². The largest absolute Gasteiger partial charge is 0.322 e. The Morgan fingerprint density at radius 1 is 1.15 bits per heavy atom. The fourth-order valence-electron chi connectivity index (χ4n) is 2.27. The van der Waals surface area contributed by atoms with E-state index in [-0.39, 0.29) is 5.56 Å². The van der Waals surface area contributed by atoms with Crippen molar-refractivity contribution in [3.8, 4) is 11.3 Å². The third-order valence-corrected chi connectivity index (χ3v) is 3.82. The molecule has 2 N–H and O–H groups in total. The van der Waals surface area contributed by atoms with Crippen LogP contribution in [-0.2, 0) is 13.0 Å². The van der Waals surface area contributed by atoms with E-state index in [9.17, 15) is 4.79 Å². The lowest BCUT2D eigenvalue weighted by Crippen LogP contribution is -2.22. The smallest absolute Gasteiger partial charge is 0.252 e. The zero-order chi connectivity index (χ0) is 13.9. The highest BCUT2D eigenvalue weighted by Gasteiger charge is 2.20. The first-order valence-corrected chi connectivity index (χ1v) is 7.31. The first-order valence-electron chi connectivity index (χ1n) is 7.31. The molecule has 1 aromatic carbocycles. The Kier molecular flexibility index (Phi) is 3.70. The van der Waals surface area contributed by atoms with Gasteiger partial charge in [0.05, 0.1) is 0 Å². The summed E-state index contributed by atoms with van der Waals surface area (Å²) in [4.78, 5) is 15.1. The maximum atomic E-state index is 12.1. The number of hydrogen-bond donors (Lipinski definition) is 2. The van der Waals surface area contributed by atoms with E-state index in [1.54, 1.807) is 0 Å². The minimum absolute atomic E-state index is 0.00946. The highest BCUT2D eigenvalue weighted by atomic mass is 16.1. The summed E-state index contributed by atoms with van der Waals surface area (Å²) < 4.78 is 0. The molecular formula is C17H20N2O. The quantitative estimate of drug-likeness (QED) is 0.876. The van der Waals surface area contributed by atoms with Crippen LogP contribution in [-0.4, -0.2) is 11.0 Å². The number of aromatic amines is 1. The number of rotatable bonds is 5. The topological polar surface area (TPSA) is 44.9 Å². The maximum absolute atomic E-state index is 12.1. The van der Waals surface area contributed by atoms with Crippen LogP contribution in [0, 0.1) is 0 Å². The fraction of sp³-hybridized carbons (Fsp3) is 0.353. The summed E-state index contributed by atoms with van der Waals surface area (Å²) in [5.41, 5.74) is 4.07. The van der Waals surface area contributed by atoms with Crippen LogP contribution in [0.25, 0.3) is 11.3 Å². The van der Waals surface area contributed by atoms with E-state index >= 15 is 0 Å². The average molecular weight is 268 g/mol. The highest BCUT2D eigenvalue weighted by Crippen LogP contribution is 2.19. The summed E-state index contributed by atoms with van der Waals surface area (Å²) in [6.45, 7) is 2.80. The van der Waals surface area contributed by atoms with Crippen molar-refractivity contribution in [2.24, 2.45) is 0 Å². The molecule has 1 aromatic heterocycles. The van der Waals surface area contributed by atoms with Crippen LogP contribution >= 0.6 is 0 Å². The molecule has 3 rings (SSSR count). The zero-order valence-corrected chi connectivity index (χ0v) is 11.8. The van der Waals surface area contributed by atoms with Crippen molar-refractivity contribution in [1.29, 1.82) is 0 Å². The molecule has 1 aliphatic carbocycles.